The number of amides is 2. The zero-order chi connectivity index (χ0) is 19.3. The van der Waals surface area contributed by atoms with Crippen molar-refractivity contribution >= 4 is 17.7 Å². The predicted molar refractivity (Wildman–Crippen MR) is 95.3 cm³/mol. The molecule has 1 N–H and O–H groups in total. The number of urea groups is 1. The SMILES string of the molecule is CCCCCOC(=O)C1=C(C)N(C)C(=O)N[C@@H]1c1cccc([N+](=O)[O-])c1. The van der Waals surface area contributed by atoms with E-state index in [1.807, 2.05) is 0 Å². The maximum Gasteiger partial charge on any atom is 0.338 e. The number of unbranched alkanes of at least 4 members (excludes halogenated alkanes) is 2. The van der Waals surface area contributed by atoms with Crippen molar-refractivity contribution in [3.63, 3.8) is 0 Å². The molecule has 0 bridgehead atoms. The number of benzene rings is 1. The van der Waals surface area contributed by atoms with Crippen LogP contribution >= 0.6 is 0 Å². The average molecular weight is 361 g/mol. The highest BCUT2D eigenvalue weighted by molar-refractivity contribution is 5.95. The Labute approximate surface area is 152 Å². The van der Waals surface area contributed by atoms with Crippen LogP contribution in [-0.4, -0.2) is 35.5 Å². The van der Waals surface area contributed by atoms with Crippen LogP contribution in [0.5, 0.6) is 0 Å². The Balaban J connectivity index is 2.35. The van der Waals surface area contributed by atoms with Gasteiger partial charge in [0.25, 0.3) is 5.69 Å². The van der Waals surface area contributed by atoms with Crippen molar-refractivity contribution in [1.29, 1.82) is 0 Å². The Morgan fingerprint density at radius 3 is 2.77 bits per heavy atom. The molecule has 2 rings (SSSR count). The van der Waals surface area contributed by atoms with Crippen LogP contribution < -0.4 is 5.32 Å². The Morgan fingerprint density at radius 1 is 1.38 bits per heavy atom. The molecule has 0 saturated heterocycles. The van der Waals surface area contributed by atoms with Crippen molar-refractivity contribution < 1.29 is 19.2 Å². The van der Waals surface area contributed by atoms with Crippen LogP contribution in [0, 0.1) is 10.1 Å². The van der Waals surface area contributed by atoms with E-state index in [2.05, 4.69) is 12.2 Å². The second-order valence-electron chi connectivity index (χ2n) is 6.14. The molecule has 0 aliphatic carbocycles. The molecule has 1 heterocycles. The van der Waals surface area contributed by atoms with Crippen molar-refractivity contribution in [2.75, 3.05) is 13.7 Å². The molecule has 8 heteroatoms. The van der Waals surface area contributed by atoms with Crippen LogP contribution in [0.1, 0.15) is 44.7 Å². The molecule has 1 aliphatic heterocycles. The summed E-state index contributed by atoms with van der Waals surface area (Å²) in [5.41, 5.74) is 1.10. The van der Waals surface area contributed by atoms with E-state index in [1.165, 1.54) is 23.1 Å². The van der Waals surface area contributed by atoms with Gasteiger partial charge in [-0.2, -0.15) is 0 Å². The fourth-order valence-electron chi connectivity index (χ4n) is 2.76. The summed E-state index contributed by atoms with van der Waals surface area (Å²) in [4.78, 5) is 36.7. The van der Waals surface area contributed by atoms with E-state index < -0.39 is 16.9 Å². The minimum Gasteiger partial charge on any atom is -0.462 e. The predicted octanol–water partition coefficient (Wildman–Crippen LogP) is 3.30. The fraction of sp³-hybridized carbons (Fsp3) is 0.444. The third-order valence-electron chi connectivity index (χ3n) is 4.37. The molecule has 1 aromatic rings. The summed E-state index contributed by atoms with van der Waals surface area (Å²) in [5.74, 6) is -0.526. The molecular weight excluding hydrogens is 338 g/mol. The zero-order valence-corrected chi connectivity index (χ0v) is 15.2. The molecule has 1 aliphatic rings. The van der Waals surface area contributed by atoms with Gasteiger partial charge in [-0.1, -0.05) is 31.9 Å². The van der Waals surface area contributed by atoms with Crippen LogP contribution in [0.15, 0.2) is 35.5 Å². The number of nitrogens with one attached hydrogen (secondary N) is 1. The summed E-state index contributed by atoms with van der Waals surface area (Å²) >= 11 is 0. The van der Waals surface area contributed by atoms with Crippen LogP contribution in [0.4, 0.5) is 10.5 Å². The lowest BCUT2D eigenvalue weighted by atomic mass is 9.94. The monoisotopic (exact) mass is 361 g/mol. The summed E-state index contributed by atoms with van der Waals surface area (Å²) in [6.07, 6.45) is 2.73. The van der Waals surface area contributed by atoms with E-state index in [4.69, 9.17) is 4.74 Å². The summed E-state index contributed by atoms with van der Waals surface area (Å²) in [5, 5.41) is 13.8. The Bertz CT molecular complexity index is 744. The Morgan fingerprint density at radius 2 is 2.12 bits per heavy atom. The van der Waals surface area contributed by atoms with Gasteiger partial charge in [0.15, 0.2) is 0 Å². The number of nitro benzene ring substituents is 1. The van der Waals surface area contributed by atoms with E-state index in [-0.39, 0.29) is 17.3 Å². The van der Waals surface area contributed by atoms with E-state index in [1.54, 1.807) is 20.0 Å². The van der Waals surface area contributed by atoms with Gasteiger partial charge in [-0.15, -0.1) is 0 Å². The number of nitrogens with zero attached hydrogens (tertiary/aromatic N) is 2. The highest BCUT2D eigenvalue weighted by Crippen LogP contribution is 2.32. The number of allylic oxidation sites excluding steroid dienone is 1. The smallest absolute Gasteiger partial charge is 0.338 e. The summed E-state index contributed by atoms with van der Waals surface area (Å²) in [7, 11) is 1.55. The fourth-order valence-corrected chi connectivity index (χ4v) is 2.76. The first-order valence-corrected chi connectivity index (χ1v) is 8.53. The summed E-state index contributed by atoms with van der Waals surface area (Å²) < 4.78 is 5.36. The summed E-state index contributed by atoms with van der Waals surface area (Å²) in [6.45, 7) is 4.01. The first-order valence-electron chi connectivity index (χ1n) is 8.53. The van der Waals surface area contributed by atoms with Gasteiger partial charge in [-0.25, -0.2) is 9.59 Å². The standard InChI is InChI=1S/C18H23N3O5/c1-4-5-6-10-26-17(22)15-12(2)20(3)18(23)19-16(15)13-8-7-9-14(11-13)21(24)25/h7-9,11,16H,4-6,10H2,1-3H3,(H,19,23)/t16-/m1/s1. The average Bonchev–Trinajstić information content (AvgIpc) is 2.63. The van der Waals surface area contributed by atoms with Gasteiger partial charge in [0, 0.05) is 24.9 Å². The second kappa shape index (κ2) is 8.46. The van der Waals surface area contributed by atoms with Gasteiger partial charge >= 0.3 is 12.0 Å². The first-order chi connectivity index (χ1) is 12.4. The number of rotatable bonds is 7. The first kappa shape index (κ1) is 19.4. The molecule has 2 amide bonds. The van der Waals surface area contributed by atoms with Gasteiger partial charge in [0.05, 0.1) is 23.1 Å². The molecule has 8 nitrogen and oxygen atoms in total. The third-order valence-corrected chi connectivity index (χ3v) is 4.37. The molecule has 26 heavy (non-hydrogen) atoms. The van der Waals surface area contributed by atoms with E-state index in [0.717, 1.165) is 19.3 Å². The maximum absolute atomic E-state index is 12.6. The van der Waals surface area contributed by atoms with Crippen LogP contribution in [0.25, 0.3) is 0 Å². The minimum atomic E-state index is -0.794. The number of ether oxygens (including phenoxy) is 1. The van der Waals surface area contributed by atoms with Crippen molar-refractivity contribution in [3.8, 4) is 0 Å². The number of carbonyl (C=O) groups is 2. The van der Waals surface area contributed by atoms with Crippen molar-refractivity contribution in [2.24, 2.45) is 0 Å². The normalized spacial score (nSPS) is 17.1. The molecule has 1 aromatic carbocycles. The highest BCUT2D eigenvalue weighted by Gasteiger charge is 2.35. The van der Waals surface area contributed by atoms with E-state index >= 15 is 0 Å². The molecule has 0 spiro atoms. The van der Waals surface area contributed by atoms with Crippen molar-refractivity contribution in [1.82, 2.24) is 10.2 Å². The topological polar surface area (TPSA) is 102 Å². The number of hydrogen-bond acceptors (Lipinski definition) is 5. The van der Waals surface area contributed by atoms with Crippen LogP contribution in [0.2, 0.25) is 0 Å². The molecule has 1 atom stereocenters. The number of hydrogen-bond donors (Lipinski definition) is 1. The molecule has 0 radical (unpaired) electrons. The van der Waals surface area contributed by atoms with E-state index in [0.29, 0.717) is 17.9 Å². The number of esters is 1. The maximum atomic E-state index is 12.6. The highest BCUT2D eigenvalue weighted by atomic mass is 16.6. The van der Waals surface area contributed by atoms with Gasteiger partial charge in [-0.3, -0.25) is 10.1 Å². The van der Waals surface area contributed by atoms with E-state index in [9.17, 15) is 19.7 Å². The number of carbonyl (C=O) groups excluding carboxylic acids is 2. The largest absolute Gasteiger partial charge is 0.462 e. The van der Waals surface area contributed by atoms with Gasteiger partial charge in [0.1, 0.15) is 0 Å². The lowest BCUT2D eigenvalue weighted by molar-refractivity contribution is -0.384. The zero-order valence-electron chi connectivity index (χ0n) is 15.2. The van der Waals surface area contributed by atoms with Gasteiger partial charge in [0.2, 0.25) is 0 Å². The minimum absolute atomic E-state index is 0.107. The van der Waals surface area contributed by atoms with Crippen LogP contribution in [-0.2, 0) is 9.53 Å². The molecule has 0 saturated carbocycles. The van der Waals surface area contributed by atoms with Gasteiger partial charge in [-0.05, 0) is 18.9 Å². The van der Waals surface area contributed by atoms with Crippen LogP contribution in [0.3, 0.4) is 0 Å². The molecule has 0 fully saturated rings. The molecule has 0 aromatic heterocycles. The third kappa shape index (κ3) is 4.19. The van der Waals surface area contributed by atoms with Crippen molar-refractivity contribution in [3.05, 3.63) is 51.2 Å². The Kier molecular flexibility index (Phi) is 6.32. The lowest BCUT2D eigenvalue weighted by Gasteiger charge is -2.33. The number of non-ortho nitro benzene ring substituents is 1. The molecule has 0 unspecified atom stereocenters. The number of nitro groups is 1. The van der Waals surface area contributed by atoms with Crippen molar-refractivity contribution in [2.45, 2.75) is 39.2 Å². The molecular formula is C18H23N3O5. The Hall–Kier alpha value is -2.90. The quantitative estimate of drug-likeness (QED) is 0.347. The second-order valence-corrected chi connectivity index (χ2v) is 6.14. The molecule has 140 valence electrons. The van der Waals surface area contributed by atoms with Gasteiger partial charge < -0.3 is 15.0 Å². The summed E-state index contributed by atoms with van der Waals surface area (Å²) in [6, 6.07) is 4.70. The lowest BCUT2D eigenvalue weighted by Crippen LogP contribution is -2.46.